The molecular weight excluding hydrogens is 422 g/mol. The van der Waals surface area contributed by atoms with Crippen molar-refractivity contribution in [3.8, 4) is 0 Å². The summed E-state index contributed by atoms with van der Waals surface area (Å²) in [6.07, 6.45) is 9.09. The number of amidine groups is 1. The summed E-state index contributed by atoms with van der Waals surface area (Å²) in [4.78, 5) is 32.2. The number of carbonyl (C=O) groups excluding carboxylic acids is 2. The molecule has 8 heteroatoms. The molecule has 0 unspecified atom stereocenters. The number of thioether (sulfide) groups is 1. The van der Waals surface area contributed by atoms with E-state index in [1.807, 2.05) is 61.5 Å². The molecule has 0 bridgehead atoms. The second-order valence-electron chi connectivity index (χ2n) is 8.29. The average molecular weight is 452 g/mol. The number of amides is 2. The predicted octanol–water partition coefficient (Wildman–Crippen LogP) is 3.65. The molecule has 0 saturated heterocycles. The van der Waals surface area contributed by atoms with E-state index in [1.165, 1.54) is 18.2 Å². The maximum Gasteiger partial charge on any atom is 0.278 e. The minimum atomic E-state index is -0.0765. The average Bonchev–Trinajstić information content (AvgIpc) is 3.29. The van der Waals surface area contributed by atoms with Crippen LogP contribution in [0, 0.1) is 6.92 Å². The fourth-order valence-electron chi connectivity index (χ4n) is 4.16. The molecule has 1 fully saturated rings. The first-order valence-electron chi connectivity index (χ1n) is 11.1. The molecule has 7 nitrogen and oxygen atoms in total. The normalized spacial score (nSPS) is 18.3. The van der Waals surface area contributed by atoms with Crippen LogP contribution in [-0.2, 0) is 23.2 Å². The van der Waals surface area contributed by atoms with Crippen LogP contribution in [0.4, 0.5) is 0 Å². The molecule has 1 aliphatic heterocycles. The van der Waals surface area contributed by atoms with Gasteiger partial charge in [0.1, 0.15) is 5.70 Å². The highest BCUT2D eigenvalue weighted by atomic mass is 32.2. The third-order valence-corrected chi connectivity index (χ3v) is 6.76. The number of benzene rings is 1. The fraction of sp³-hybridized carbons (Fsp3) is 0.417. The van der Waals surface area contributed by atoms with Crippen molar-refractivity contribution in [1.29, 1.82) is 0 Å². The molecule has 1 saturated carbocycles. The number of aromatic nitrogens is 2. The van der Waals surface area contributed by atoms with E-state index in [4.69, 9.17) is 0 Å². The Balaban J connectivity index is 1.47. The Bertz CT molecular complexity index is 1040. The lowest BCUT2D eigenvalue weighted by Gasteiger charge is -2.31. The van der Waals surface area contributed by atoms with Crippen LogP contribution in [-0.4, -0.2) is 43.5 Å². The van der Waals surface area contributed by atoms with Crippen LogP contribution in [0.25, 0.3) is 6.08 Å². The molecule has 1 aromatic heterocycles. The lowest BCUT2D eigenvalue weighted by molar-refractivity contribution is -0.124. The van der Waals surface area contributed by atoms with Crippen LogP contribution in [0.2, 0.25) is 0 Å². The van der Waals surface area contributed by atoms with Gasteiger partial charge in [-0.2, -0.15) is 5.10 Å². The molecule has 0 spiro atoms. The van der Waals surface area contributed by atoms with Crippen molar-refractivity contribution in [2.75, 3.05) is 5.75 Å². The first kappa shape index (κ1) is 22.3. The van der Waals surface area contributed by atoms with Gasteiger partial charge in [0.2, 0.25) is 5.91 Å². The standard InChI is InChI=1S/C24H29N5O2S/c1-17-19(15-28(2)27-17)13-21-23(31)29(20-11-7-4-8-12-20)24(26-21)32-16-22(30)25-14-18-9-5-3-6-10-18/h3,5-6,9-10,13,15,20H,4,7-8,11-12,14,16H2,1-2H3,(H,25,30). The van der Waals surface area contributed by atoms with E-state index in [1.54, 1.807) is 4.68 Å². The molecule has 0 atom stereocenters. The van der Waals surface area contributed by atoms with Gasteiger partial charge < -0.3 is 5.32 Å². The number of hydrogen-bond acceptors (Lipinski definition) is 5. The van der Waals surface area contributed by atoms with Gasteiger partial charge in [0.15, 0.2) is 5.17 Å². The zero-order chi connectivity index (χ0) is 22.5. The maximum absolute atomic E-state index is 13.3. The highest BCUT2D eigenvalue weighted by Crippen LogP contribution is 2.32. The number of aliphatic imine (C=N–C) groups is 1. The summed E-state index contributed by atoms with van der Waals surface area (Å²) >= 11 is 1.34. The number of nitrogens with one attached hydrogen (secondary N) is 1. The predicted molar refractivity (Wildman–Crippen MR) is 128 cm³/mol. The van der Waals surface area contributed by atoms with E-state index in [9.17, 15) is 9.59 Å². The van der Waals surface area contributed by atoms with Gasteiger partial charge in [-0.25, -0.2) is 4.99 Å². The van der Waals surface area contributed by atoms with Crippen LogP contribution in [0.1, 0.15) is 48.9 Å². The first-order valence-corrected chi connectivity index (χ1v) is 12.1. The number of nitrogens with zero attached hydrogens (tertiary/aromatic N) is 4. The van der Waals surface area contributed by atoms with Crippen LogP contribution in [0.5, 0.6) is 0 Å². The van der Waals surface area contributed by atoms with Crippen molar-refractivity contribution in [2.45, 2.75) is 51.6 Å². The molecule has 2 aromatic rings. The van der Waals surface area contributed by atoms with Crippen LogP contribution >= 0.6 is 11.8 Å². The van der Waals surface area contributed by atoms with E-state index in [0.29, 0.717) is 17.4 Å². The number of rotatable bonds is 6. The first-order chi connectivity index (χ1) is 15.5. The Morgan fingerprint density at radius 2 is 1.97 bits per heavy atom. The number of aryl methyl sites for hydroxylation is 2. The fourth-order valence-corrected chi connectivity index (χ4v) is 5.05. The smallest absolute Gasteiger partial charge is 0.278 e. The summed E-state index contributed by atoms with van der Waals surface area (Å²) < 4.78 is 1.73. The lowest BCUT2D eigenvalue weighted by atomic mass is 9.94. The minimum absolute atomic E-state index is 0.0712. The topological polar surface area (TPSA) is 79.6 Å². The molecule has 1 aromatic carbocycles. The Labute approximate surface area is 193 Å². The molecular formula is C24H29N5O2S. The molecule has 4 rings (SSSR count). The monoisotopic (exact) mass is 451 g/mol. The van der Waals surface area contributed by atoms with E-state index >= 15 is 0 Å². The second-order valence-corrected chi connectivity index (χ2v) is 9.23. The summed E-state index contributed by atoms with van der Waals surface area (Å²) in [5.41, 5.74) is 3.21. The largest absolute Gasteiger partial charge is 0.351 e. The zero-order valence-corrected chi connectivity index (χ0v) is 19.4. The molecule has 168 valence electrons. The van der Waals surface area contributed by atoms with Gasteiger partial charge in [0, 0.05) is 31.4 Å². The molecule has 2 aliphatic rings. The van der Waals surface area contributed by atoms with Gasteiger partial charge in [0.25, 0.3) is 5.91 Å². The van der Waals surface area contributed by atoms with Gasteiger partial charge in [-0.05, 0) is 31.4 Å². The summed E-state index contributed by atoms with van der Waals surface area (Å²) in [6.45, 7) is 2.41. The molecule has 32 heavy (non-hydrogen) atoms. The Hall–Kier alpha value is -2.87. The highest BCUT2D eigenvalue weighted by molar-refractivity contribution is 8.14. The number of carbonyl (C=O) groups is 2. The van der Waals surface area contributed by atoms with E-state index in [-0.39, 0.29) is 23.6 Å². The second kappa shape index (κ2) is 10.2. The van der Waals surface area contributed by atoms with Gasteiger partial charge in [-0.15, -0.1) is 0 Å². The van der Waals surface area contributed by atoms with Gasteiger partial charge in [0.05, 0.1) is 11.4 Å². The Morgan fingerprint density at radius 1 is 1.22 bits per heavy atom. The summed E-state index contributed by atoms with van der Waals surface area (Å²) in [5, 5.41) is 7.93. The summed E-state index contributed by atoms with van der Waals surface area (Å²) in [5.74, 6) is 0.0759. The van der Waals surface area contributed by atoms with E-state index < -0.39 is 0 Å². The molecule has 2 amide bonds. The highest BCUT2D eigenvalue weighted by Gasteiger charge is 2.36. The maximum atomic E-state index is 13.3. The Kier molecular flexibility index (Phi) is 7.09. The quantitative estimate of drug-likeness (QED) is 0.680. The van der Waals surface area contributed by atoms with Crippen LogP contribution in [0.15, 0.2) is 47.2 Å². The lowest BCUT2D eigenvalue weighted by Crippen LogP contribution is -2.41. The van der Waals surface area contributed by atoms with Gasteiger partial charge >= 0.3 is 0 Å². The summed E-state index contributed by atoms with van der Waals surface area (Å²) in [6, 6.07) is 9.97. The third-order valence-electron chi connectivity index (χ3n) is 5.81. The van der Waals surface area contributed by atoms with E-state index in [2.05, 4.69) is 15.4 Å². The van der Waals surface area contributed by atoms with Crippen molar-refractivity contribution >= 4 is 34.8 Å². The zero-order valence-electron chi connectivity index (χ0n) is 18.6. The SMILES string of the molecule is Cc1nn(C)cc1C=C1N=C(SCC(=O)NCc2ccccc2)N(C2CCCCC2)C1=O. The third kappa shape index (κ3) is 5.30. The van der Waals surface area contributed by atoms with Crippen LogP contribution in [0.3, 0.4) is 0 Å². The van der Waals surface area contributed by atoms with Crippen molar-refractivity contribution < 1.29 is 9.59 Å². The van der Waals surface area contributed by atoms with Crippen molar-refractivity contribution in [2.24, 2.45) is 12.0 Å². The van der Waals surface area contributed by atoms with Gasteiger partial charge in [-0.3, -0.25) is 19.2 Å². The number of hydrogen-bond donors (Lipinski definition) is 1. The van der Waals surface area contributed by atoms with E-state index in [0.717, 1.165) is 42.5 Å². The molecule has 0 radical (unpaired) electrons. The molecule has 1 aliphatic carbocycles. The molecule has 1 N–H and O–H groups in total. The van der Waals surface area contributed by atoms with Crippen molar-refractivity contribution in [1.82, 2.24) is 20.0 Å². The van der Waals surface area contributed by atoms with Gasteiger partial charge in [-0.1, -0.05) is 61.4 Å². The summed E-state index contributed by atoms with van der Waals surface area (Å²) in [7, 11) is 1.86. The Morgan fingerprint density at radius 3 is 2.66 bits per heavy atom. The van der Waals surface area contributed by atoms with Crippen molar-refractivity contribution in [3.05, 3.63) is 59.0 Å². The minimum Gasteiger partial charge on any atom is -0.351 e. The van der Waals surface area contributed by atoms with Crippen molar-refractivity contribution in [3.63, 3.8) is 0 Å². The van der Waals surface area contributed by atoms with Crippen LogP contribution < -0.4 is 5.32 Å². The molecule has 2 heterocycles.